The number of aliphatic hydroxyl groups is 1. The summed E-state index contributed by atoms with van der Waals surface area (Å²) in [5.41, 5.74) is 4.19. The molecule has 2 nitrogen and oxygen atoms in total. The molecule has 2 heterocycles. The summed E-state index contributed by atoms with van der Waals surface area (Å²) in [6.45, 7) is 4.55. The van der Waals surface area contributed by atoms with Crippen LogP contribution < -0.4 is 4.90 Å². The van der Waals surface area contributed by atoms with Crippen molar-refractivity contribution in [2.24, 2.45) is 0 Å². The minimum atomic E-state index is -0.0459. The number of benzene rings is 1. The van der Waals surface area contributed by atoms with E-state index in [0.717, 1.165) is 13.1 Å². The van der Waals surface area contributed by atoms with Crippen LogP contribution in [0, 0.1) is 0 Å². The SMILES string of the molecule is CC1(CO)CN2CCCc3cccc1c32. The monoisotopic (exact) mass is 203 g/mol. The zero-order chi connectivity index (χ0) is 10.5. The smallest absolute Gasteiger partial charge is 0.0543 e. The third-order valence-electron chi connectivity index (χ3n) is 3.85. The molecule has 1 aromatic rings. The molecule has 1 aromatic carbocycles. The Hall–Kier alpha value is -1.02. The Balaban J connectivity index is 2.20. The van der Waals surface area contributed by atoms with E-state index in [2.05, 4.69) is 30.0 Å². The van der Waals surface area contributed by atoms with Gasteiger partial charge in [-0.25, -0.2) is 0 Å². The zero-order valence-electron chi connectivity index (χ0n) is 9.16. The van der Waals surface area contributed by atoms with Crippen LogP contribution >= 0.6 is 0 Å². The fraction of sp³-hybridized carbons (Fsp3) is 0.538. The van der Waals surface area contributed by atoms with Crippen LogP contribution in [0.2, 0.25) is 0 Å². The molecule has 0 amide bonds. The Morgan fingerprint density at radius 2 is 2.33 bits per heavy atom. The van der Waals surface area contributed by atoms with Gasteiger partial charge in [0.2, 0.25) is 0 Å². The normalized spacial score (nSPS) is 28.0. The molecular weight excluding hydrogens is 186 g/mol. The molecule has 0 saturated carbocycles. The summed E-state index contributed by atoms with van der Waals surface area (Å²) in [6, 6.07) is 6.55. The zero-order valence-corrected chi connectivity index (χ0v) is 9.16. The lowest BCUT2D eigenvalue weighted by atomic mass is 9.84. The van der Waals surface area contributed by atoms with Crippen LogP contribution in [0.15, 0.2) is 18.2 Å². The third-order valence-corrected chi connectivity index (χ3v) is 3.85. The van der Waals surface area contributed by atoms with E-state index in [0.29, 0.717) is 0 Å². The van der Waals surface area contributed by atoms with Crippen molar-refractivity contribution in [2.45, 2.75) is 25.2 Å². The Labute approximate surface area is 90.5 Å². The lowest BCUT2D eigenvalue weighted by Crippen LogP contribution is -2.35. The Kier molecular flexibility index (Phi) is 1.84. The van der Waals surface area contributed by atoms with E-state index in [4.69, 9.17) is 0 Å². The van der Waals surface area contributed by atoms with E-state index in [9.17, 15) is 5.11 Å². The first-order valence-electron chi connectivity index (χ1n) is 5.73. The van der Waals surface area contributed by atoms with Crippen LogP contribution in [-0.2, 0) is 11.8 Å². The van der Waals surface area contributed by atoms with Gasteiger partial charge in [0.25, 0.3) is 0 Å². The molecule has 0 bridgehead atoms. The number of hydrogen-bond donors (Lipinski definition) is 1. The van der Waals surface area contributed by atoms with Crippen molar-refractivity contribution in [1.29, 1.82) is 0 Å². The van der Waals surface area contributed by atoms with Crippen LogP contribution in [0.3, 0.4) is 0 Å². The van der Waals surface area contributed by atoms with E-state index < -0.39 is 0 Å². The van der Waals surface area contributed by atoms with Crippen LogP contribution in [0.1, 0.15) is 24.5 Å². The number of para-hydroxylation sites is 1. The predicted molar refractivity (Wildman–Crippen MR) is 61.4 cm³/mol. The molecule has 0 spiro atoms. The minimum Gasteiger partial charge on any atom is -0.395 e. The molecule has 80 valence electrons. The minimum absolute atomic E-state index is 0.0459. The summed E-state index contributed by atoms with van der Waals surface area (Å²) in [7, 11) is 0. The molecule has 0 saturated heterocycles. The van der Waals surface area contributed by atoms with Gasteiger partial charge in [0, 0.05) is 24.2 Å². The Bertz CT molecular complexity index is 402. The predicted octanol–water partition coefficient (Wildman–Crippen LogP) is 1.70. The van der Waals surface area contributed by atoms with Crippen LogP contribution in [0.5, 0.6) is 0 Å². The van der Waals surface area contributed by atoms with E-state index in [-0.39, 0.29) is 12.0 Å². The van der Waals surface area contributed by atoms with Crippen LogP contribution in [0.25, 0.3) is 0 Å². The second-order valence-electron chi connectivity index (χ2n) is 5.06. The van der Waals surface area contributed by atoms with Gasteiger partial charge in [-0.3, -0.25) is 0 Å². The number of rotatable bonds is 1. The second kappa shape index (κ2) is 2.99. The summed E-state index contributed by atoms with van der Waals surface area (Å²) in [5.74, 6) is 0. The standard InChI is InChI=1S/C13H17NO/c1-13(9-15)8-14-7-3-5-10-4-2-6-11(13)12(10)14/h2,4,6,15H,3,5,7-9H2,1H3. The van der Waals surface area contributed by atoms with Gasteiger partial charge >= 0.3 is 0 Å². The van der Waals surface area contributed by atoms with Crippen molar-refractivity contribution in [1.82, 2.24) is 0 Å². The van der Waals surface area contributed by atoms with E-state index >= 15 is 0 Å². The van der Waals surface area contributed by atoms with Crippen molar-refractivity contribution in [2.75, 3.05) is 24.6 Å². The molecular formula is C13H17NO. The van der Waals surface area contributed by atoms with Gasteiger partial charge < -0.3 is 10.0 Å². The molecule has 2 aliphatic heterocycles. The topological polar surface area (TPSA) is 23.5 Å². The number of anilines is 1. The lowest BCUT2D eigenvalue weighted by molar-refractivity contribution is 0.215. The molecule has 1 N–H and O–H groups in total. The molecule has 1 atom stereocenters. The first-order chi connectivity index (χ1) is 7.24. The second-order valence-corrected chi connectivity index (χ2v) is 5.06. The van der Waals surface area contributed by atoms with E-state index in [1.54, 1.807) is 0 Å². The van der Waals surface area contributed by atoms with Gasteiger partial charge in [-0.05, 0) is 24.0 Å². The highest BCUT2D eigenvalue weighted by atomic mass is 16.3. The average molecular weight is 203 g/mol. The summed E-state index contributed by atoms with van der Waals surface area (Å²) >= 11 is 0. The molecule has 1 unspecified atom stereocenters. The maximum Gasteiger partial charge on any atom is 0.0543 e. The summed E-state index contributed by atoms with van der Waals surface area (Å²) < 4.78 is 0. The van der Waals surface area contributed by atoms with Crippen molar-refractivity contribution >= 4 is 5.69 Å². The molecule has 2 heteroatoms. The summed E-state index contributed by atoms with van der Waals surface area (Å²) in [4.78, 5) is 2.45. The fourth-order valence-electron chi connectivity index (χ4n) is 3.03. The first-order valence-corrected chi connectivity index (χ1v) is 5.73. The first kappa shape index (κ1) is 9.22. The van der Waals surface area contributed by atoms with Crippen molar-refractivity contribution in [3.63, 3.8) is 0 Å². The van der Waals surface area contributed by atoms with Crippen LogP contribution in [-0.4, -0.2) is 24.8 Å². The van der Waals surface area contributed by atoms with Gasteiger partial charge in [-0.2, -0.15) is 0 Å². The van der Waals surface area contributed by atoms with Crippen molar-refractivity contribution < 1.29 is 5.11 Å². The van der Waals surface area contributed by atoms with Crippen molar-refractivity contribution in [3.05, 3.63) is 29.3 Å². The third kappa shape index (κ3) is 1.14. The van der Waals surface area contributed by atoms with Gasteiger partial charge in [0.1, 0.15) is 0 Å². The largest absolute Gasteiger partial charge is 0.395 e. The summed E-state index contributed by atoms with van der Waals surface area (Å²) in [6.07, 6.45) is 2.44. The molecule has 3 rings (SSSR count). The molecule has 0 aliphatic carbocycles. The Morgan fingerprint density at radius 1 is 1.47 bits per heavy atom. The van der Waals surface area contributed by atoms with E-state index in [1.807, 2.05) is 0 Å². The highest BCUT2D eigenvalue weighted by molar-refractivity contribution is 5.68. The maximum atomic E-state index is 9.57. The van der Waals surface area contributed by atoms with Crippen LogP contribution in [0.4, 0.5) is 5.69 Å². The molecule has 2 aliphatic rings. The fourth-order valence-corrected chi connectivity index (χ4v) is 3.03. The van der Waals surface area contributed by atoms with Gasteiger partial charge in [-0.15, -0.1) is 0 Å². The van der Waals surface area contributed by atoms with E-state index in [1.165, 1.54) is 29.7 Å². The molecule has 15 heavy (non-hydrogen) atoms. The van der Waals surface area contributed by atoms with Gasteiger partial charge in [0.15, 0.2) is 0 Å². The Morgan fingerprint density at radius 3 is 3.13 bits per heavy atom. The van der Waals surface area contributed by atoms with Gasteiger partial charge in [0.05, 0.1) is 6.61 Å². The van der Waals surface area contributed by atoms with Gasteiger partial charge in [-0.1, -0.05) is 25.1 Å². The molecule has 0 radical (unpaired) electrons. The lowest BCUT2D eigenvalue weighted by Gasteiger charge is -2.27. The number of nitrogens with zero attached hydrogens (tertiary/aromatic N) is 1. The maximum absolute atomic E-state index is 9.57. The number of aryl methyl sites for hydroxylation is 1. The summed E-state index contributed by atoms with van der Waals surface area (Å²) in [5, 5.41) is 9.57. The number of aliphatic hydroxyl groups excluding tert-OH is 1. The highest BCUT2D eigenvalue weighted by Crippen LogP contribution is 2.44. The molecule has 0 aromatic heterocycles. The highest BCUT2D eigenvalue weighted by Gasteiger charge is 2.40. The number of hydrogen-bond acceptors (Lipinski definition) is 2. The quantitative estimate of drug-likeness (QED) is 0.751. The molecule has 0 fully saturated rings. The average Bonchev–Trinajstić information content (AvgIpc) is 2.56. The van der Waals surface area contributed by atoms with Crippen molar-refractivity contribution in [3.8, 4) is 0 Å².